The van der Waals surface area contributed by atoms with E-state index in [1.807, 2.05) is 42.1 Å². The summed E-state index contributed by atoms with van der Waals surface area (Å²) in [7, 11) is 0. The van der Waals surface area contributed by atoms with Gasteiger partial charge in [0.1, 0.15) is 0 Å². The Morgan fingerprint density at radius 2 is 2.12 bits per heavy atom. The summed E-state index contributed by atoms with van der Waals surface area (Å²) in [5.41, 5.74) is 1.01. The van der Waals surface area contributed by atoms with Crippen molar-refractivity contribution in [3.8, 4) is 0 Å². The second kappa shape index (κ2) is 8.82. The van der Waals surface area contributed by atoms with Crippen molar-refractivity contribution < 1.29 is 5.11 Å². The molecule has 0 aliphatic heterocycles. The van der Waals surface area contributed by atoms with E-state index in [-0.39, 0.29) is 6.10 Å². The molecular weight excluding hydrogens is 295 g/mol. The molecule has 94 valence electrons. The molecule has 0 spiro atoms. The van der Waals surface area contributed by atoms with Crippen LogP contribution >= 0.6 is 11.8 Å². The van der Waals surface area contributed by atoms with Crippen LogP contribution in [0.2, 0.25) is 5.32 Å². The van der Waals surface area contributed by atoms with Crippen LogP contribution in [0.3, 0.4) is 0 Å². The molecule has 1 unspecified atom stereocenters. The average molecular weight is 315 g/mol. The van der Waals surface area contributed by atoms with Crippen molar-refractivity contribution >= 4 is 26.7 Å². The fourth-order valence-electron chi connectivity index (χ4n) is 1.32. The van der Waals surface area contributed by atoms with E-state index in [0.717, 1.165) is 10.9 Å². The minimum absolute atomic E-state index is 0.327. The van der Waals surface area contributed by atoms with Crippen LogP contribution in [-0.4, -0.2) is 25.8 Å². The van der Waals surface area contributed by atoms with Gasteiger partial charge in [-0.1, -0.05) is 0 Å². The first-order valence-corrected chi connectivity index (χ1v) is 8.97. The summed E-state index contributed by atoms with van der Waals surface area (Å²) >= 11 is 2.19. The fraction of sp³-hybridized carbons (Fsp3) is 0.429. The molecule has 0 fully saturated rings. The molecule has 0 saturated carbocycles. The van der Waals surface area contributed by atoms with E-state index < -0.39 is 0 Å². The van der Waals surface area contributed by atoms with Crippen LogP contribution < -0.4 is 0 Å². The molecule has 1 rings (SSSR count). The Balaban J connectivity index is 2.24. The quantitative estimate of drug-likeness (QED) is 0.581. The van der Waals surface area contributed by atoms with Crippen molar-refractivity contribution in [3.63, 3.8) is 0 Å². The summed E-state index contributed by atoms with van der Waals surface area (Å²) in [5, 5.41) is 10.8. The zero-order valence-corrected chi connectivity index (χ0v) is 12.8. The van der Waals surface area contributed by atoms with Crippen LogP contribution in [-0.2, 0) is 0 Å². The Kier molecular flexibility index (Phi) is 7.70. The van der Waals surface area contributed by atoms with Crippen molar-refractivity contribution in [3.05, 3.63) is 46.3 Å². The van der Waals surface area contributed by atoms with Crippen LogP contribution in [0.1, 0.15) is 31.4 Å². The fourth-order valence-corrected chi connectivity index (χ4v) is 4.59. The van der Waals surface area contributed by atoms with Crippen LogP contribution in [0.4, 0.5) is 0 Å². The molecule has 1 nitrogen and oxygen atoms in total. The minimum atomic E-state index is -0.334. The molecular formula is C14H20OSSe. The van der Waals surface area contributed by atoms with Gasteiger partial charge in [0, 0.05) is 0 Å². The third-order valence-electron chi connectivity index (χ3n) is 2.35. The predicted octanol–water partition coefficient (Wildman–Crippen LogP) is 3.85. The number of aliphatic hydroxyl groups excluding tert-OH is 1. The molecule has 0 bridgehead atoms. The van der Waals surface area contributed by atoms with E-state index in [2.05, 4.69) is 13.5 Å². The monoisotopic (exact) mass is 316 g/mol. The van der Waals surface area contributed by atoms with E-state index in [1.54, 1.807) is 0 Å². The zero-order valence-electron chi connectivity index (χ0n) is 10.3. The molecule has 17 heavy (non-hydrogen) atoms. The SMILES string of the molecule is C=C(SCCCC)[Se]CC(O)c1ccccc1. The molecule has 0 amide bonds. The van der Waals surface area contributed by atoms with E-state index >= 15 is 0 Å². The van der Waals surface area contributed by atoms with Crippen molar-refractivity contribution in [2.24, 2.45) is 0 Å². The van der Waals surface area contributed by atoms with E-state index in [0.29, 0.717) is 15.0 Å². The Labute approximate surface area is 115 Å². The van der Waals surface area contributed by atoms with Crippen LogP contribution in [0.25, 0.3) is 0 Å². The molecule has 0 aliphatic carbocycles. The summed E-state index contributed by atoms with van der Waals surface area (Å²) in [5.74, 6) is 1.17. The maximum atomic E-state index is 10.0. The van der Waals surface area contributed by atoms with Gasteiger partial charge in [0.15, 0.2) is 0 Å². The molecule has 1 atom stereocenters. The van der Waals surface area contributed by atoms with Gasteiger partial charge < -0.3 is 0 Å². The first-order chi connectivity index (χ1) is 8.24. The van der Waals surface area contributed by atoms with E-state index in [9.17, 15) is 5.11 Å². The molecule has 0 aromatic heterocycles. The van der Waals surface area contributed by atoms with E-state index in [1.165, 1.54) is 22.4 Å². The van der Waals surface area contributed by atoms with Crippen molar-refractivity contribution in [1.29, 1.82) is 0 Å². The van der Waals surface area contributed by atoms with Gasteiger partial charge in [0.05, 0.1) is 0 Å². The van der Waals surface area contributed by atoms with Crippen LogP contribution in [0.5, 0.6) is 0 Å². The number of unbranched alkanes of at least 4 members (excludes halogenated alkanes) is 1. The number of rotatable bonds is 8. The number of aliphatic hydroxyl groups is 1. The topological polar surface area (TPSA) is 20.2 Å². The summed E-state index contributed by atoms with van der Waals surface area (Å²) in [6, 6.07) is 9.87. The molecule has 1 aromatic carbocycles. The Morgan fingerprint density at radius 3 is 2.76 bits per heavy atom. The first kappa shape index (κ1) is 14.8. The summed E-state index contributed by atoms with van der Waals surface area (Å²) in [6.07, 6.45) is 2.15. The Hall–Kier alpha value is -0.211. The summed E-state index contributed by atoms with van der Waals surface area (Å²) in [6.45, 7) is 6.27. The van der Waals surface area contributed by atoms with Gasteiger partial charge in [0.25, 0.3) is 0 Å². The van der Waals surface area contributed by atoms with Gasteiger partial charge in [-0.15, -0.1) is 0 Å². The van der Waals surface area contributed by atoms with Crippen molar-refractivity contribution in [2.75, 3.05) is 5.75 Å². The standard InChI is InChI=1S/C14H20OSSe/c1-3-4-10-16-12(2)17-11-14(15)13-8-6-5-7-9-13/h5-9,14-15H,2-4,10-11H2,1H3. The molecule has 0 saturated heterocycles. The number of hydrogen-bond donors (Lipinski definition) is 1. The molecule has 0 heterocycles. The van der Waals surface area contributed by atoms with Crippen molar-refractivity contribution in [2.45, 2.75) is 31.2 Å². The van der Waals surface area contributed by atoms with Crippen molar-refractivity contribution in [1.82, 2.24) is 0 Å². The average Bonchev–Trinajstić information content (AvgIpc) is 2.37. The molecule has 1 aromatic rings. The molecule has 0 aliphatic rings. The van der Waals surface area contributed by atoms with Gasteiger partial charge in [-0.2, -0.15) is 0 Å². The number of hydrogen-bond acceptors (Lipinski definition) is 2. The van der Waals surface area contributed by atoms with Gasteiger partial charge in [0.2, 0.25) is 0 Å². The Bertz CT molecular complexity index is 326. The molecule has 3 heteroatoms. The summed E-state index contributed by atoms with van der Waals surface area (Å²) < 4.78 is 1.25. The third kappa shape index (κ3) is 6.32. The predicted molar refractivity (Wildman–Crippen MR) is 78.5 cm³/mol. The second-order valence-corrected chi connectivity index (χ2v) is 7.92. The second-order valence-electron chi connectivity index (χ2n) is 3.81. The summed E-state index contributed by atoms with van der Waals surface area (Å²) in [4.78, 5) is 0. The zero-order chi connectivity index (χ0) is 12.5. The third-order valence-corrected chi connectivity index (χ3v) is 6.20. The normalized spacial score (nSPS) is 12.4. The van der Waals surface area contributed by atoms with Gasteiger partial charge in [-0.05, 0) is 0 Å². The van der Waals surface area contributed by atoms with Crippen LogP contribution in [0, 0.1) is 0 Å². The maximum absolute atomic E-state index is 10.0. The molecule has 1 N–H and O–H groups in total. The molecule has 0 radical (unpaired) electrons. The van der Waals surface area contributed by atoms with Gasteiger partial charge in [-0.3, -0.25) is 0 Å². The van der Waals surface area contributed by atoms with Gasteiger partial charge in [-0.25, -0.2) is 0 Å². The van der Waals surface area contributed by atoms with Gasteiger partial charge >= 0.3 is 115 Å². The Morgan fingerprint density at radius 1 is 1.41 bits per heavy atom. The number of thioether (sulfide) groups is 1. The first-order valence-electron chi connectivity index (χ1n) is 5.91. The number of benzene rings is 1. The van der Waals surface area contributed by atoms with E-state index in [4.69, 9.17) is 0 Å². The van der Waals surface area contributed by atoms with Crippen LogP contribution in [0.15, 0.2) is 40.7 Å².